The fourth-order valence-corrected chi connectivity index (χ4v) is 2.94. The van der Waals surface area contributed by atoms with Crippen molar-refractivity contribution in [3.05, 3.63) is 58.6 Å². The molecule has 0 spiro atoms. The van der Waals surface area contributed by atoms with Crippen LogP contribution in [0.15, 0.2) is 47.6 Å². The SMILES string of the molecule is COc1ccc2c(c1)C=NN(C(=O)N(C)c1ccc(Cl)cc1)C(C)C2. The van der Waals surface area contributed by atoms with Crippen LogP contribution in [0.2, 0.25) is 5.02 Å². The lowest BCUT2D eigenvalue weighted by atomic mass is 10.0. The van der Waals surface area contributed by atoms with Crippen LogP contribution in [0.5, 0.6) is 5.75 Å². The maximum atomic E-state index is 12.9. The van der Waals surface area contributed by atoms with Gasteiger partial charge in [-0.3, -0.25) is 4.90 Å². The summed E-state index contributed by atoms with van der Waals surface area (Å²) < 4.78 is 5.27. The topological polar surface area (TPSA) is 45.1 Å². The van der Waals surface area contributed by atoms with E-state index in [0.717, 1.165) is 29.0 Å². The first-order valence-electron chi connectivity index (χ1n) is 8.03. The van der Waals surface area contributed by atoms with Gasteiger partial charge in [0.25, 0.3) is 0 Å². The zero-order valence-corrected chi connectivity index (χ0v) is 15.2. The van der Waals surface area contributed by atoms with Crippen molar-refractivity contribution in [2.45, 2.75) is 19.4 Å². The third-order valence-electron chi connectivity index (χ3n) is 4.30. The number of hydrogen-bond donors (Lipinski definition) is 0. The molecule has 6 heteroatoms. The van der Waals surface area contributed by atoms with Crippen molar-refractivity contribution in [2.75, 3.05) is 19.1 Å². The normalized spacial score (nSPS) is 16.2. The van der Waals surface area contributed by atoms with Gasteiger partial charge in [0.2, 0.25) is 0 Å². The van der Waals surface area contributed by atoms with Crippen LogP contribution in [-0.2, 0) is 6.42 Å². The smallest absolute Gasteiger partial charge is 0.344 e. The summed E-state index contributed by atoms with van der Waals surface area (Å²) in [6.07, 6.45) is 2.44. The van der Waals surface area contributed by atoms with Gasteiger partial charge in [-0.15, -0.1) is 0 Å². The number of amides is 2. The zero-order valence-electron chi connectivity index (χ0n) is 14.4. The zero-order chi connectivity index (χ0) is 18.0. The first kappa shape index (κ1) is 17.3. The van der Waals surface area contributed by atoms with Gasteiger partial charge in [0, 0.05) is 23.3 Å². The highest BCUT2D eigenvalue weighted by molar-refractivity contribution is 6.30. The maximum absolute atomic E-state index is 12.9. The Bertz CT molecular complexity index is 805. The van der Waals surface area contributed by atoms with Crippen molar-refractivity contribution >= 4 is 29.5 Å². The number of rotatable bonds is 2. The molecule has 0 radical (unpaired) electrons. The van der Waals surface area contributed by atoms with Crippen LogP contribution >= 0.6 is 11.6 Å². The molecular formula is C19H20ClN3O2. The number of hydrazone groups is 1. The van der Waals surface area contributed by atoms with E-state index in [1.807, 2.05) is 37.3 Å². The number of methoxy groups -OCH3 is 1. The van der Waals surface area contributed by atoms with Crippen LogP contribution in [0, 0.1) is 0 Å². The monoisotopic (exact) mass is 357 g/mol. The standard InChI is InChI=1S/C19H20ClN3O2/c1-13-10-14-4-9-18(25-3)11-15(14)12-21-23(13)19(24)22(2)17-7-5-16(20)6-8-17/h4-9,11-13H,10H2,1-3H3. The Morgan fingerprint density at radius 3 is 2.68 bits per heavy atom. The minimum atomic E-state index is -0.189. The first-order valence-corrected chi connectivity index (χ1v) is 8.41. The second-order valence-corrected chi connectivity index (χ2v) is 6.46. The molecule has 5 nitrogen and oxygen atoms in total. The number of nitrogens with zero attached hydrogens (tertiary/aromatic N) is 3. The first-order chi connectivity index (χ1) is 12.0. The summed E-state index contributed by atoms with van der Waals surface area (Å²) in [7, 11) is 3.37. The highest BCUT2D eigenvalue weighted by Crippen LogP contribution is 2.24. The fourth-order valence-electron chi connectivity index (χ4n) is 2.82. The van der Waals surface area contributed by atoms with Crippen molar-refractivity contribution in [2.24, 2.45) is 5.10 Å². The number of carbonyl (C=O) groups is 1. The summed E-state index contributed by atoms with van der Waals surface area (Å²) in [5.74, 6) is 0.774. The minimum absolute atomic E-state index is 0.0619. The third kappa shape index (κ3) is 3.61. The number of hydrogen-bond acceptors (Lipinski definition) is 3. The molecule has 0 aromatic heterocycles. The van der Waals surface area contributed by atoms with E-state index >= 15 is 0 Å². The Kier molecular flexibility index (Phi) is 4.95. The number of anilines is 1. The van der Waals surface area contributed by atoms with E-state index in [2.05, 4.69) is 5.10 Å². The molecule has 2 aromatic carbocycles. The Hall–Kier alpha value is -2.53. The van der Waals surface area contributed by atoms with Gasteiger partial charge in [-0.2, -0.15) is 5.10 Å². The Balaban J connectivity index is 1.84. The molecule has 1 aliphatic heterocycles. The lowest BCUT2D eigenvalue weighted by Crippen LogP contribution is -2.43. The van der Waals surface area contributed by atoms with Crippen molar-refractivity contribution in [1.82, 2.24) is 5.01 Å². The van der Waals surface area contributed by atoms with Gasteiger partial charge in [-0.05, 0) is 55.3 Å². The quantitative estimate of drug-likeness (QED) is 0.809. The fraction of sp³-hybridized carbons (Fsp3) is 0.263. The van der Waals surface area contributed by atoms with Crippen LogP contribution in [-0.4, -0.2) is 37.5 Å². The summed E-state index contributed by atoms with van der Waals surface area (Å²) in [5, 5.41) is 6.57. The van der Waals surface area contributed by atoms with E-state index in [4.69, 9.17) is 16.3 Å². The van der Waals surface area contributed by atoms with Gasteiger partial charge in [0.05, 0.1) is 19.4 Å². The summed E-state index contributed by atoms with van der Waals surface area (Å²) in [6, 6.07) is 12.8. The number of halogens is 1. The molecule has 130 valence electrons. The molecule has 0 aliphatic carbocycles. The second kappa shape index (κ2) is 7.15. The molecule has 1 aliphatic rings. The van der Waals surface area contributed by atoms with Crippen LogP contribution in [0.4, 0.5) is 10.5 Å². The summed E-state index contributed by atoms with van der Waals surface area (Å²) >= 11 is 5.92. The number of fused-ring (bicyclic) bond motifs is 1. The van der Waals surface area contributed by atoms with Crippen molar-refractivity contribution in [3.63, 3.8) is 0 Å². The predicted octanol–water partition coefficient (Wildman–Crippen LogP) is 4.19. The average molecular weight is 358 g/mol. The van der Waals surface area contributed by atoms with E-state index < -0.39 is 0 Å². The van der Waals surface area contributed by atoms with Gasteiger partial charge in [-0.25, -0.2) is 9.80 Å². The molecule has 2 aromatic rings. The molecule has 2 amide bonds. The molecule has 1 unspecified atom stereocenters. The molecular weight excluding hydrogens is 338 g/mol. The molecule has 1 atom stereocenters. The predicted molar refractivity (Wildman–Crippen MR) is 101 cm³/mol. The highest BCUT2D eigenvalue weighted by Gasteiger charge is 2.26. The van der Waals surface area contributed by atoms with Gasteiger partial charge < -0.3 is 4.74 Å². The Labute approximate surface area is 152 Å². The van der Waals surface area contributed by atoms with E-state index in [9.17, 15) is 4.79 Å². The van der Waals surface area contributed by atoms with E-state index in [0.29, 0.717) is 5.02 Å². The molecule has 0 saturated heterocycles. The molecule has 25 heavy (non-hydrogen) atoms. The van der Waals surface area contributed by atoms with Crippen LogP contribution in [0.3, 0.4) is 0 Å². The van der Waals surface area contributed by atoms with Crippen LogP contribution in [0.1, 0.15) is 18.1 Å². The van der Waals surface area contributed by atoms with Gasteiger partial charge >= 0.3 is 6.03 Å². The summed E-state index contributed by atoms with van der Waals surface area (Å²) in [5.41, 5.74) is 2.87. The largest absolute Gasteiger partial charge is 0.497 e. The van der Waals surface area contributed by atoms with Gasteiger partial charge in [0.1, 0.15) is 5.75 Å². The lowest BCUT2D eigenvalue weighted by molar-refractivity contribution is 0.190. The lowest BCUT2D eigenvalue weighted by Gasteiger charge is -2.28. The van der Waals surface area contributed by atoms with E-state index in [-0.39, 0.29) is 12.1 Å². The van der Waals surface area contributed by atoms with Crippen LogP contribution < -0.4 is 9.64 Å². The molecule has 0 bridgehead atoms. The van der Waals surface area contributed by atoms with Crippen molar-refractivity contribution < 1.29 is 9.53 Å². The minimum Gasteiger partial charge on any atom is -0.497 e. The van der Waals surface area contributed by atoms with E-state index in [1.54, 1.807) is 37.4 Å². The van der Waals surface area contributed by atoms with Gasteiger partial charge in [-0.1, -0.05) is 17.7 Å². The molecule has 0 fully saturated rings. The highest BCUT2D eigenvalue weighted by atomic mass is 35.5. The molecule has 0 saturated carbocycles. The number of urea groups is 1. The summed E-state index contributed by atoms with van der Waals surface area (Å²) in [6.45, 7) is 1.99. The summed E-state index contributed by atoms with van der Waals surface area (Å²) in [4.78, 5) is 14.5. The molecule has 0 N–H and O–H groups in total. The third-order valence-corrected chi connectivity index (χ3v) is 4.56. The average Bonchev–Trinajstić information content (AvgIpc) is 2.78. The van der Waals surface area contributed by atoms with Crippen LogP contribution in [0.25, 0.3) is 0 Å². The van der Waals surface area contributed by atoms with Gasteiger partial charge in [0.15, 0.2) is 0 Å². The second-order valence-electron chi connectivity index (χ2n) is 6.03. The maximum Gasteiger partial charge on any atom is 0.344 e. The van der Waals surface area contributed by atoms with Crippen molar-refractivity contribution in [1.29, 1.82) is 0 Å². The Morgan fingerprint density at radius 2 is 2.00 bits per heavy atom. The van der Waals surface area contributed by atoms with Crippen molar-refractivity contribution in [3.8, 4) is 5.75 Å². The Morgan fingerprint density at radius 1 is 1.28 bits per heavy atom. The van der Waals surface area contributed by atoms with E-state index in [1.165, 1.54) is 5.01 Å². The molecule has 1 heterocycles. The number of carbonyl (C=O) groups excluding carboxylic acids is 1. The number of benzene rings is 2. The number of ether oxygens (including phenoxy) is 1. The molecule has 3 rings (SSSR count).